The highest BCUT2D eigenvalue weighted by atomic mass is 17.7. The standard InChI is InChI=1S/C4H8O4/c1-2-4-3-5-7-8-6-4/h4H,2-3H2,1H3. The Morgan fingerprint density at radius 1 is 1.50 bits per heavy atom. The van der Waals surface area contributed by atoms with Crippen LogP contribution in [0.2, 0.25) is 0 Å². The summed E-state index contributed by atoms with van der Waals surface area (Å²) < 4.78 is 0. The van der Waals surface area contributed by atoms with Crippen molar-refractivity contribution in [1.29, 1.82) is 0 Å². The van der Waals surface area contributed by atoms with Crippen LogP contribution >= 0.6 is 0 Å². The van der Waals surface area contributed by atoms with Crippen LogP contribution in [-0.4, -0.2) is 12.7 Å². The fourth-order valence-electron chi connectivity index (χ4n) is 0.409. The van der Waals surface area contributed by atoms with Crippen LogP contribution in [0, 0.1) is 0 Å². The molecular weight excluding hydrogens is 112 g/mol. The molecule has 0 aliphatic carbocycles. The maximum Gasteiger partial charge on any atom is 0.122 e. The normalized spacial score (nSPS) is 30.4. The highest BCUT2D eigenvalue weighted by Crippen LogP contribution is 2.05. The molecule has 0 saturated carbocycles. The van der Waals surface area contributed by atoms with Crippen molar-refractivity contribution in [3.63, 3.8) is 0 Å². The molecule has 4 heteroatoms. The molecule has 0 bridgehead atoms. The van der Waals surface area contributed by atoms with Crippen molar-refractivity contribution >= 4 is 0 Å². The van der Waals surface area contributed by atoms with Gasteiger partial charge in [-0.25, -0.2) is 4.89 Å². The molecule has 4 nitrogen and oxygen atoms in total. The van der Waals surface area contributed by atoms with Crippen molar-refractivity contribution in [2.75, 3.05) is 6.61 Å². The van der Waals surface area contributed by atoms with Crippen LogP contribution in [0.3, 0.4) is 0 Å². The highest BCUT2D eigenvalue weighted by molar-refractivity contribution is 4.48. The van der Waals surface area contributed by atoms with E-state index in [1.807, 2.05) is 6.92 Å². The summed E-state index contributed by atoms with van der Waals surface area (Å²) in [6, 6.07) is 0. The van der Waals surface area contributed by atoms with Crippen molar-refractivity contribution in [2.45, 2.75) is 19.4 Å². The number of hydrogen-bond donors (Lipinski definition) is 0. The SMILES string of the molecule is CCC1COOOO1. The van der Waals surface area contributed by atoms with E-state index in [1.165, 1.54) is 0 Å². The van der Waals surface area contributed by atoms with E-state index in [4.69, 9.17) is 0 Å². The summed E-state index contributed by atoms with van der Waals surface area (Å²) in [6.07, 6.45) is 0.882. The van der Waals surface area contributed by atoms with Gasteiger partial charge in [-0.3, -0.25) is 0 Å². The summed E-state index contributed by atoms with van der Waals surface area (Å²) in [6.45, 7) is 2.42. The molecule has 0 aromatic heterocycles. The Morgan fingerprint density at radius 2 is 2.38 bits per heavy atom. The zero-order chi connectivity index (χ0) is 5.82. The van der Waals surface area contributed by atoms with Crippen LogP contribution in [0.1, 0.15) is 13.3 Å². The fraction of sp³-hybridized carbons (Fsp3) is 1.00. The first-order valence-corrected chi connectivity index (χ1v) is 2.55. The van der Waals surface area contributed by atoms with Gasteiger partial charge in [0, 0.05) is 0 Å². The molecule has 0 spiro atoms. The summed E-state index contributed by atoms with van der Waals surface area (Å²) in [5, 5.41) is 8.03. The second-order valence-electron chi connectivity index (χ2n) is 1.55. The van der Waals surface area contributed by atoms with Crippen LogP contribution in [0.15, 0.2) is 0 Å². The van der Waals surface area contributed by atoms with Crippen LogP contribution < -0.4 is 0 Å². The maximum absolute atomic E-state index is 4.58. The van der Waals surface area contributed by atoms with Gasteiger partial charge in [-0.2, -0.15) is 4.89 Å². The van der Waals surface area contributed by atoms with Gasteiger partial charge in [-0.05, 0) is 16.5 Å². The minimum absolute atomic E-state index is 0.0174. The quantitative estimate of drug-likeness (QED) is 0.474. The van der Waals surface area contributed by atoms with Crippen molar-refractivity contribution in [3.05, 3.63) is 0 Å². The van der Waals surface area contributed by atoms with Crippen molar-refractivity contribution < 1.29 is 19.9 Å². The molecule has 1 fully saturated rings. The van der Waals surface area contributed by atoms with E-state index in [2.05, 4.69) is 19.9 Å². The summed E-state index contributed by atoms with van der Waals surface area (Å²) in [5.41, 5.74) is 0. The lowest BCUT2D eigenvalue weighted by Crippen LogP contribution is -2.24. The average Bonchev–Trinajstić information content (AvgIpc) is 1.90. The van der Waals surface area contributed by atoms with E-state index < -0.39 is 0 Å². The molecule has 8 heavy (non-hydrogen) atoms. The minimum atomic E-state index is 0.0174. The third-order valence-electron chi connectivity index (χ3n) is 0.961. The monoisotopic (exact) mass is 120 g/mol. The summed E-state index contributed by atoms with van der Waals surface area (Å²) in [7, 11) is 0. The molecule has 0 aromatic rings. The molecule has 0 amide bonds. The topological polar surface area (TPSA) is 36.9 Å². The molecule has 1 aliphatic rings. The minimum Gasteiger partial charge on any atom is -0.201 e. The zero-order valence-corrected chi connectivity index (χ0v) is 4.62. The molecule has 0 N–H and O–H groups in total. The molecule has 1 atom stereocenters. The Labute approximate surface area is 47.1 Å². The van der Waals surface area contributed by atoms with Crippen LogP contribution in [0.25, 0.3) is 0 Å². The van der Waals surface area contributed by atoms with Crippen LogP contribution in [0.5, 0.6) is 0 Å². The van der Waals surface area contributed by atoms with Gasteiger partial charge in [0.15, 0.2) is 0 Å². The van der Waals surface area contributed by atoms with Gasteiger partial charge in [0.2, 0.25) is 0 Å². The summed E-state index contributed by atoms with van der Waals surface area (Å²) >= 11 is 0. The first-order valence-electron chi connectivity index (χ1n) is 2.55. The predicted octanol–water partition coefficient (Wildman–Crippen LogP) is 0.590. The largest absolute Gasteiger partial charge is 0.201 e. The van der Waals surface area contributed by atoms with E-state index in [-0.39, 0.29) is 6.10 Å². The highest BCUT2D eigenvalue weighted by Gasteiger charge is 2.14. The predicted molar refractivity (Wildman–Crippen MR) is 23.3 cm³/mol. The van der Waals surface area contributed by atoms with Gasteiger partial charge >= 0.3 is 0 Å². The fourth-order valence-corrected chi connectivity index (χ4v) is 0.409. The second-order valence-corrected chi connectivity index (χ2v) is 1.55. The Morgan fingerprint density at radius 3 is 2.75 bits per heavy atom. The van der Waals surface area contributed by atoms with E-state index in [1.54, 1.807) is 0 Å². The van der Waals surface area contributed by atoms with Crippen LogP contribution in [-0.2, 0) is 19.9 Å². The van der Waals surface area contributed by atoms with Gasteiger partial charge in [-0.1, -0.05) is 6.92 Å². The molecule has 1 unspecified atom stereocenters. The van der Waals surface area contributed by atoms with E-state index >= 15 is 0 Å². The summed E-state index contributed by atoms with van der Waals surface area (Å²) in [5.74, 6) is 0. The molecule has 0 aromatic carbocycles. The Balaban J connectivity index is 2.13. The first kappa shape index (κ1) is 5.97. The molecule has 1 heterocycles. The van der Waals surface area contributed by atoms with Gasteiger partial charge in [0.1, 0.15) is 12.7 Å². The Bertz CT molecular complexity index is 59.1. The number of rotatable bonds is 1. The smallest absolute Gasteiger partial charge is 0.122 e. The molecule has 1 saturated heterocycles. The lowest BCUT2D eigenvalue weighted by Gasteiger charge is -2.16. The molecule has 0 radical (unpaired) electrons. The average molecular weight is 120 g/mol. The third kappa shape index (κ3) is 1.41. The van der Waals surface area contributed by atoms with Crippen molar-refractivity contribution in [1.82, 2.24) is 0 Å². The van der Waals surface area contributed by atoms with Gasteiger partial charge in [-0.15, -0.1) is 0 Å². The first-order chi connectivity index (χ1) is 3.93. The molecule has 1 aliphatic heterocycles. The van der Waals surface area contributed by atoms with Gasteiger partial charge in [0.25, 0.3) is 0 Å². The molecule has 48 valence electrons. The van der Waals surface area contributed by atoms with Gasteiger partial charge in [0.05, 0.1) is 0 Å². The number of hydrogen-bond acceptors (Lipinski definition) is 4. The second kappa shape index (κ2) is 2.99. The van der Waals surface area contributed by atoms with Gasteiger partial charge < -0.3 is 0 Å². The third-order valence-corrected chi connectivity index (χ3v) is 0.961. The van der Waals surface area contributed by atoms with Crippen molar-refractivity contribution in [2.24, 2.45) is 0 Å². The van der Waals surface area contributed by atoms with E-state index in [0.29, 0.717) is 6.61 Å². The zero-order valence-electron chi connectivity index (χ0n) is 4.62. The van der Waals surface area contributed by atoms with E-state index in [9.17, 15) is 0 Å². The molecular formula is C4H8O4. The summed E-state index contributed by atoms with van der Waals surface area (Å²) in [4.78, 5) is 9.01. The molecule has 1 rings (SSSR count). The lowest BCUT2D eigenvalue weighted by atomic mass is 10.3. The maximum atomic E-state index is 4.58. The van der Waals surface area contributed by atoms with Crippen LogP contribution in [0.4, 0.5) is 0 Å². The van der Waals surface area contributed by atoms with Crippen molar-refractivity contribution in [3.8, 4) is 0 Å². The Kier molecular flexibility index (Phi) is 2.23. The van der Waals surface area contributed by atoms with E-state index in [0.717, 1.165) is 6.42 Å². The lowest BCUT2D eigenvalue weighted by molar-refractivity contribution is -0.675. The Hall–Kier alpha value is -0.160.